The van der Waals surface area contributed by atoms with Crippen LogP contribution in [0.4, 0.5) is 32.0 Å². The van der Waals surface area contributed by atoms with E-state index in [0.717, 1.165) is 89.4 Å². The van der Waals surface area contributed by atoms with Crippen molar-refractivity contribution in [3.8, 4) is 0 Å². The average Bonchev–Trinajstić information content (AvgIpc) is 2.95. The monoisotopic (exact) mass is 643 g/mol. The number of rotatable bonds is 6. The number of piperidine rings is 1. The van der Waals surface area contributed by atoms with Crippen LogP contribution in [0, 0.1) is 6.92 Å². The minimum atomic E-state index is -5.08. The van der Waals surface area contributed by atoms with Gasteiger partial charge in [-0.25, -0.2) is 9.59 Å². The van der Waals surface area contributed by atoms with Crippen molar-refractivity contribution in [1.82, 2.24) is 9.80 Å². The average molecular weight is 644 g/mol. The van der Waals surface area contributed by atoms with Crippen LogP contribution in [0.1, 0.15) is 49.0 Å². The van der Waals surface area contributed by atoms with Crippen molar-refractivity contribution in [3.63, 3.8) is 0 Å². The third-order valence-electron chi connectivity index (χ3n) is 7.62. The second kappa shape index (κ2) is 15.8. The first kappa shape index (κ1) is 37.1. The number of hydrogen-bond acceptors (Lipinski definition) is 7. The van der Waals surface area contributed by atoms with Gasteiger partial charge in [-0.05, 0) is 56.6 Å². The number of aliphatic carboxylic acids is 2. The molecule has 1 aromatic rings. The van der Waals surface area contributed by atoms with Crippen molar-refractivity contribution in [2.24, 2.45) is 0 Å². The third-order valence-corrected chi connectivity index (χ3v) is 7.62. The van der Waals surface area contributed by atoms with E-state index in [1.807, 2.05) is 11.0 Å². The van der Waals surface area contributed by atoms with Gasteiger partial charge in [-0.15, -0.1) is 0 Å². The molecule has 3 heterocycles. The van der Waals surface area contributed by atoms with Gasteiger partial charge in [-0.2, -0.15) is 26.3 Å². The van der Waals surface area contributed by atoms with Gasteiger partial charge in [0.25, 0.3) is 5.91 Å². The van der Waals surface area contributed by atoms with E-state index in [1.165, 1.54) is 5.69 Å². The topological polar surface area (TPSA) is 120 Å². The Morgan fingerprint density at radius 1 is 0.932 bits per heavy atom. The van der Waals surface area contributed by atoms with E-state index >= 15 is 0 Å². The van der Waals surface area contributed by atoms with Gasteiger partial charge in [0.05, 0.1) is 24.9 Å². The molecular formula is C28H39F6N3O7. The van der Waals surface area contributed by atoms with Crippen molar-refractivity contribution in [1.29, 1.82) is 0 Å². The molecule has 3 aliphatic rings. The molecule has 1 spiro atoms. The largest absolute Gasteiger partial charge is 0.490 e. The second-order valence-electron chi connectivity index (χ2n) is 10.6. The molecule has 1 aromatic carbocycles. The lowest BCUT2D eigenvalue weighted by molar-refractivity contribution is -0.227. The van der Waals surface area contributed by atoms with Crippen LogP contribution < -0.4 is 4.90 Å². The van der Waals surface area contributed by atoms with E-state index in [1.54, 1.807) is 0 Å². The maximum Gasteiger partial charge on any atom is 0.490 e. The van der Waals surface area contributed by atoms with Crippen LogP contribution in [0.5, 0.6) is 0 Å². The normalized spacial score (nSPS) is 19.7. The molecule has 0 aromatic heterocycles. The number of hydrogen-bond donors (Lipinski definition) is 2. The van der Waals surface area contributed by atoms with E-state index < -0.39 is 24.3 Å². The Hall–Kier alpha value is -3.11. The second-order valence-corrected chi connectivity index (χ2v) is 10.6. The zero-order valence-corrected chi connectivity index (χ0v) is 24.8. The summed E-state index contributed by atoms with van der Waals surface area (Å²) in [5, 5.41) is 14.2. The summed E-state index contributed by atoms with van der Waals surface area (Å²) in [7, 11) is 0. The fraction of sp³-hybridized carbons (Fsp3) is 0.679. The van der Waals surface area contributed by atoms with Crippen molar-refractivity contribution in [2.75, 3.05) is 63.9 Å². The number of likely N-dealkylation sites (N-methyl/N-ethyl adjacent to an activating group) is 1. The standard InChI is InChI=1S/C24H37N3O3.2C2HF3O2/c1-4-25(5-2)18-21-17-24(30-21)8-10-27(11-9-24)23(28)20-6-7-22(19(3)16-20)26-12-14-29-15-13-26;2*3-2(4,5)1(6)7/h6-7,16,21H,4-5,8-15,17-18H2,1-3H3;2*(H,6,7). The molecule has 1 amide bonds. The van der Waals surface area contributed by atoms with Gasteiger partial charge in [0.1, 0.15) is 0 Å². The predicted octanol–water partition coefficient (Wildman–Crippen LogP) is 4.20. The molecule has 250 valence electrons. The van der Waals surface area contributed by atoms with Crippen LogP contribution in [0.2, 0.25) is 0 Å². The van der Waals surface area contributed by atoms with Gasteiger partial charge < -0.3 is 34.4 Å². The molecule has 0 radical (unpaired) electrons. The van der Waals surface area contributed by atoms with E-state index in [9.17, 15) is 31.1 Å². The molecule has 0 saturated carbocycles. The molecule has 16 heteroatoms. The SMILES string of the molecule is CCN(CC)CC1CC2(CCN(C(=O)c3ccc(N4CCOCC4)c(C)c3)CC2)O1.O=C(O)C(F)(F)F.O=C(O)C(F)(F)F. The maximum absolute atomic E-state index is 13.1. The summed E-state index contributed by atoms with van der Waals surface area (Å²) in [6.07, 6.45) is -6.75. The number of ether oxygens (including phenoxy) is 2. The number of carbonyl (C=O) groups excluding carboxylic acids is 1. The van der Waals surface area contributed by atoms with E-state index in [4.69, 9.17) is 29.3 Å². The van der Waals surface area contributed by atoms with Crippen LogP contribution in [-0.2, 0) is 19.1 Å². The number of carboxylic acid groups (broad SMARTS) is 2. The summed E-state index contributed by atoms with van der Waals surface area (Å²) in [6, 6.07) is 6.15. The van der Waals surface area contributed by atoms with Crippen molar-refractivity contribution < 1.29 is 60.4 Å². The highest BCUT2D eigenvalue weighted by molar-refractivity contribution is 5.95. The van der Waals surface area contributed by atoms with Crippen LogP contribution >= 0.6 is 0 Å². The maximum atomic E-state index is 13.1. The Balaban J connectivity index is 0.000000402. The summed E-state index contributed by atoms with van der Waals surface area (Å²) in [6.45, 7) is 14.7. The van der Waals surface area contributed by atoms with Crippen LogP contribution in [0.25, 0.3) is 0 Å². The number of carboxylic acids is 2. The number of amides is 1. The van der Waals surface area contributed by atoms with Crippen molar-refractivity contribution >= 4 is 23.5 Å². The number of likely N-dealkylation sites (tertiary alicyclic amines) is 1. The third kappa shape index (κ3) is 10.8. The smallest absolute Gasteiger partial charge is 0.475 e. The number of nitrogens with zero attached hydrogens (tertiary/aromatic N) is 3. The first-order valence-corrected chi connectivity index (χ1v) is 14.2. The Kier molecular flexibility index (Phi) is 13.3. The quantitative estimate of drug-likeness (QED) is 0.440. The van der Waals surface area contributed by atoms with Crippen molar-refractivity contribution in [3.05, 3.63) is 29.3 Å². The number of carbonyl (C=O) groups is 3. The zero-order chi connectivity index (χ0) is 33.3. The van der Waals surface area contributed by atoms with Crippen LogP contribution in [-0.4, -0.2) is 121 Å². The first-order chi connectivity index (χ1) is 20.4. The Bertz CT molecular complexity index is 1080. The fourth-order valence-corrected chi connectivity index (χ4v) is 5.20. The molecule has 1 unspecified atom stereocenters. The molecule has 2 N–H and O–H groups in total. The molecule has 3 fully saturated rings. The highest BCUT2D eigenvalue weighted by Crippen LogP contribution is 2.41. The summed E-state index contributed by atoms with van der Waals surface area (Å²) in [5.41, 5.74) is 3.20. The lowest BCUT2D eigenvalue weighted by atomic mass is 9.80. The Morgan fingerprint density at radius 2 is 1.41 bits per heavy atom. The molecule has 44 heavy (non-hydrogen) atoms. The summed E-state index contributed by atoms with van der Waals surface area (Å²) >= 11 is 0. The van der Waals surface area contributed by atoms with Gasteiger partial charge in [0.2, 0.25) is 0 Å². The number of alkyl halides is 6. The number of aryl methyl sites for hydroxylation is 1. The molecule has 3 aliphatic heterocycles. The fourth-order valence-electron chi connectivity index (χ4n) is 5.20. The highest BCUT2D eigenvalue weighted by Gasteiger charge is 2.48. The van der Waals surface area contributed by atoms with Gasteiger partial charge in [-0.3, -0.25) is 4.79 Å². The minimum absolute atomic E-state index is 0.0186. The number of morpholine rings is 1. The van der Waals surface area contributed by atoms with Gasteiger partial charge in [0.15, 0.2) is 0 Å². The molecule has 3 saturated heterocycles. The Labute approximate surface area is 251 Å². The number of anilines is 1. The summed E-state index contributed by atoms with van der Waals surface area (Å²) < 4.78 is 75.3. The highest BCUT2D eigenvalue weighted by atomic mass is 19.4. The van der Waals surface area contributed by atoms with Gasteiger partial charge in [0, 0.05) is 50.4 Å². The molecule has 10 nitrogen and oxygen atoms in total. The lowest BCUT2D eigenvalue weighted by Crippen LogP contribution is -2.59. The van der Waals surface area contributed by atoms with E-state index in [0.29, 0.717) is 6.10 Å². The van der Waals surface area contributed by atoms with Gasteiger partial charge in [-0.1, -0.05) is 13.8 Å². The Morgan fingerprint density at radius 3 is 1.82 bits per heavy atom. The summed E-state index contributed by atoms with van der Waals surface area (Å²) in [4.78, 5) is 37.7. The van der Waals surface area contributed by atoms with Crippen LogP contribution in [0.15, 0.2) is 18.2 Å². The van der Waals surface area contributed by atoms with Gasteiger partial charge >= 0.3 is 24.3 Å². The lowest BCUT2D eigenvalue weighted by Gasteiger charge is -2.53. The zero-order valence-electron chi connectivity index (χ0n) is 24.8. The molecule has 4 rings (SSSR count). The number of halogens is 6. The predicted molar refractivity (Wildman–Crippen MR) is 147 cm³/mol. The number of benzene rings is 1. The minimum Gasteiger partial charge on any atom is -0.475 e. The molecule has 1 atom stereocenters. The van der Waals surface area contributed by atoms with Crippen molar-refractivity contribution in [2.45, 2.75) is 64.1 Å². The molecular weight excluding hydrogens is 604 g/mol. The van der Waals surface area contributed by atoms with Crippen LogP contribution in [0.3, 0.4) is 0 Å². The van der Waals surface area contributed by atoms with E-state index in [-0.39, 0.29) is 11.5 Å². The molecule has 0 bridgehead atoms. The first-order valence-electron chi connectivity index (χ1n) is 14.2. The van der Waals surface area contributed by atoms with E-state index in [2.05, 4.69) is 42.7 Å². The molecule has 0 aliphatic carbocycles. The summed E-state index contributed by atoms with van der Waals surface area (Å²) in [5.74, 6) is -5.36.